The molecule has 0 radical (unpaired) electrons. The number of rotatable bonds is 5. The fourth-order valence-electron chi connectivity index (χ4n) is 1.38. The molecule has 1 aromatic carbocycles. The Morgan fingerprint density at radius 1 is 1.11 bits per heavy atom. The van der Waals surface area contributed by atoms with Gasteiger partial charge in [0.05, 0.1) is 4.92 Å². The van der Waals surface area contributed by atoms with Crippen LogP contribution in [0.4, 0.5) is 11.4 Å². The predicted octanol–water partition coefficient (Wildman–Crippen LogP) is 2.24. The van der Waals surface area contributed by atoms with Crippen LogP contribution in [0.15, 0.2) is 24.3 Å². The molecule has 8 heteroatoms. The molecule has 0 fully saturated rings. The minimum Gasteiger partial charge on any atom is -0.313 e. The average Bonchev–Trinajstić information content (AvgIpc) is 2.29. The van der Waals surface area contributed by atoms with E-state index >= 15 is 0 Å². The molecule has 1 rings (SSSR count). The lowest BCUT2D eigenvalue weighted by Crippen LogP contribution is -2.25. The van der Waals surface area contributed by atoms with Crippen molar-refractivity contribution >= 4 is 19.0 Å². The van der Waals surface area contributed by atoms with Crippen molar-refractivity contribution in [3.05, 3.63) is 34.4 Å². The van der Waals surface area contributed by atoms with E-state index in [1.165, 1.54) is 24.3 Å². The summed E-state index contributed by atoms with van der Waals surface area (Å²) in [5, 5.41) is 13.4. The van der Waals surface area contributed by atoms with Crippen LogP contribution in [-0.4, -0.2) is 42.5 Å². The topological polar surface area (TPSA) is 78.7 Å². The quantitative estimate of drug-likeness (QED) is 0.503. The smallest absolute Gasteiger partial charge is 0.307 e. The molecule has 0 heterocycles. The number of nitrogens with one attached hydrogen (secondary N) is 1. The van der Waals surface area contributed by atoms with Crippen molar-refractivity contribution in [2.75, 3.05) is 33.3 Å². The maximum absolute atomic E-state index is 12.6. The Bertz CT molecular complexity index is 461. The standard InChI is InChI=1S/C10H17N4O3P/c1-12(2)18(17,13(3)4)11-9-5-7-10(8-6-9)14(15)16/h5-8H,1-4H3,(H,11,17). The zero-order valence-electron chi connectivity index (χ0n) is 10.8. The highest BCUT2D eigenvalue weighted by molar-refractivity contribution is 7.60. The van der Waals surface area contributed by atoms with Gasteiger partial charge in [0, 0.05) is 17.8 Å². The molecule has 1 N–H and O–H groups in total. The van der Waals surface area contributed by atoms with E-state index in [0.29, 0.717) is 5.69 Å². The summed E-state index contributed by atoms with van der Waals surface area (Å²) in [6.07, 6.45) is 0. The van der Waals surface area contributed by atoms with Gasteiger partial charge in [-0.25, -0.2) is 9.34 Å². The van der Waals surface area contributed by atoms with Crippen LogP contribution in [0, 0.1) is 10.1 Å². The van der Waals surface area contributed by atoms with E-state index in [4.69, 9.17) is 0 Å². The van der Waals surface area contributed by atoms with E-state index in [-0.39, 0.29) is 5.69 Å². The van der Waals surface area contributed by atoms with Crippen molar-refractivity contribution < 1.29 is 9.49 Å². The van der Waals surface area contributed by atoms with E-state index in [1.54, 1.807) is 37.5 Å². The lowest BCUT2D eigenvalue weighted by molar-refractivity contribution is -0.384. The minimum atomic E-state index is -2.88. The second-order valence-corrected chi connectivity index (χ2v) is 7.07. The molecule has 0 aromatic heterocycles. The van der Waals surface area contributed by atoms with Gasteiger partial charge in [-0.2, -0.15) is 0 Å². The number of non-ortho nitro benzene ring substituents is 1. The lowest BCUT2D eigenvalue weighted by atomic mass is 10.3. The van der Waals surface area contributed by atoms with Crippen LogP contribution in [0.2, 0.25) is 0 Å². The summed E-state index contributed by atoms with van der Waals surface area (Å²) in [7, 11) is 3.95. The normalized spacial score (nSPS) is 11.9. The molecule has 18 heavy (non-hydrogen) atoms. The molecule has 100 valence electrons. The Hall–Kier alpha value is -1.43. The fraction of sp³-hybridized carbons (Fsp3) is 0.400. The molecule has 0 bridgehead atoms. The molecule has 0 spiro atoms. The van der Waals surface area contributed by atoms with Crippen molar-refractivity contribution in [3.8, 4) is 0 Å². The number of nitro benzene ring substituents is 1. The summed E-state index contributed by atoms with van der Waals surface area (Å²) < 4.78 is 15.8. The van der Waals surface area contributed by atoms with E-state index in [2.05, 4.69) is 5.09 Å². The highest BCUT2D eigenvalue weighted by Gasteiger charge is 2.27. The molecule has 0 saturated carbocycles. The summed E-state index contributed by atoms with van der Waals surface area (Å²) in [4.78, 5) is 10.1. The van der Waals surface area contributed by atoms with Crippen molar-refractivity contribution in [1.29, 1.82) is 0 Å². The lowest BCUT2D eigenvalue weighted by Gasteiger charge is -2.31. The van der Waals surface area contributed by atoms with Gasteiger partial charge in [0.2, 0.25) is 0 Å². The zero-order chi connectivity index (χ0) is 13.9. The van der Waals surface area contributed by atoms with E-state index in [1.807, 2.05) is 0 Å². The van der Waals surface area contributed by atoms with Crippen molar-refractivity contribution in [3.63, 3.8) is 0 Å². The van der Waals surface area contributed by atoms with Gasteiger partial charge >= 0.3 is 7.59 Å². The molecule has 0 aliphatic heterocycles. The Morgan fingerprint density at radius 3 is 1.89 bits per heavy atom. The number of benzene rings is 1. The van der Waals surface area contributed by atoms with Gasteiger partial charge in [0.25, 0.3) is 5.69 Å². The zero-order valence-corrected chi connectivity index (χ0v) is 11.7. The number of nitro groups is 1. The Morgan fingerprint density at radius 2 is 1.56 bits per heavy atom. The number of hydrogen-bond acceptors (Lipinski definition) is 3. The van der Waals surface area contributed by atoms with Gasteiger partial charge in [-0.3, -0.25) is 14.7 Å². The summed E-state index contributed by atoms with van der Waals surface area (Å²) >= 11 is 0. The molecule has 0 saturated heterocycles. The molecule has 0 unspecified atom stereocenters. The molecule has 0 aliphatic carbocycles. The van der Waals surface area contributed by atoms with Gasteiger partial charge in [-0.15, -0.1) is 0 Å². The third-order valence-corrected chi connectivity index (χ3v) is 5.16. The molecule has 1 aromatic rings. The van der Waals surface area contributed by atoms with Gasteiger partial charge in [-0.05, 0) is 40.3 Å². The number of hydrogen-bond donors (Lipinski definition) is 1. The van der Waals surface area contributed by atoms with Crippen LogP contribution in [-0.2, 0) is 4.57 Å². The summed E-state index contributed by atoms with van der Waals surface area (Å²) in [6.45, 7) is 0. The molecule has 0 amide bonds. The van der Waals surface area contributed by atoms with Crippen molar-refractivity contribution in [2.45, 2.75) is 0 Å². The predicted molar refractivity (Wildman–Crippen MR) is 71.7 cm³/mol. The Kier molecular flexibility index (Phi) is 4.45. The van der Waals surface area contributed by atoms with Gasteiger partial charge in [0.1, 0.15) is 0 Å². The molecular weight excluding hydrogens is 255 g/mol. The Labute approximate surface area is 106 Å². The van der Waals surface area contributed by atoms with Gasteiger partial charge in [-0.1, -0.05) is 0 Å². The molecular formula is C10H17N4O3P. The number of nitrogens with zero attached hydrogens (tertiary/aromatic N) is 3. The van der Waals surface area contributed by atoms with E-state index in [9.17, 15) is 14.7 Å². The third kappa shape index (κ3) is 3.07. The number of anilines is 1. The second kappa shape index (κ2) is 5.48. The van der Waals surface area contributed by atoms with E-state index < -0.39 is 12.5 Å². The van der Waals surface area contributed by atoms with Crippen LogP contribution >= 0.6 is 7.59 Å². The first kappa shape index (κ1) is 14.6. The Balaban J connectivity index is 2.96. The van der Waals surface area contributed by atoms with Crippen LogP contribution in [0.25, 0.3) is 0 Å². The third-order valence-electron chi connectivity index (χ3n) is 2.44. The first-order valence-electron chi connectivity index (χ1n) is 5.26. The van der Waals surface area contributed by atoms with Crippen LogP contribution in [0.3, 0.4) is 0 Å². The van der Waals surface area contributed by atoms with Gasteiger partial charge in [0.15, 0.2) is 0 Å². The van der Waals surface area contributed by atoms with E-state index in [0.717, 1.165) is 0 Å². The first-order valence-corrected chi connectivity index (χ1v) is 6.87. The largest absolute Gasteiger partial charge is 0.313 e. The molecule has 0 atom stereocenters. The highest BCUT2D eigenvalue weighted by atomic mass is 31.2. The summed E-state index contributed by atoms with van der Waals surface area (Å²) in [6, 6.07) is 5.82. The van der Waals surface area contributed by atoms with Gasteiger partial charge < -0.3 is 5.09 Å². The highest BCUT2D eigenvalue weighted by Crippen LogP contribution is 2.48. The monoisotopic (exact) mass is 272 g/mol. The van der Waals surface area contributed by atoms with Crippen LogP contribution in [0.1, 0.15) is 0 Å². The van der Waals surface area contributed by atoms with Crippen molar-refractivity contribution in [1.82, 2.24) is 9.34 Å². The van der Waals surface area contributed by atoms with Crippen LogP contribution in [0.5, 0.6) is 0 Å². The fourth-order valence-corrected chi connectivity index (χ4v) is 2.98. The second-order valence-electron chi connectivity index (χ2n) is 4.15. The summed E-state index contributed by atoms with van der Waals surface area (Å²) in [5.41, 5.74) is 0.580. The first-order chi connectivity index (χ1) is 8.27. The van der Waals surface area contributed by atoms with Crippen molar-refractivity contribution in [2.24, 2.45) is 0 Å². The maximum Gasteiger partial charge on any atom is 0.307 e. The SMILES string of the molecule is CN(C)P(=O)(Nc1ccc([N+](=O)[O-])cc1)N(C)C. The average molecular weight is 272 g/mol. The van der Waals surface area contributed by atoms with Crippen LogP contribution < -0.4 is 5.09 Å². The maximum atomic E-state index is 12.6. The minimum absolute atomic E-state index is 0.00471. The summed E-state index contributed by atoms with van der Waals surface area (Å²) in [5.74, 6) is 0. The molecule has 7 nitrogen and oxygen atoms in total. The molecule has 0 aliphatic rings.